The third kappa shape index (κ3) is 2.03. The number of aromatic nitrogens is 5. The number of aromatic amines is 1. The fourth-order valence-electron chi connectivity index (χ4n) is 3.63. The van der Waals surface area contributed by atoms with Crippen molar-refractivity contribution < 1.29 is 0 Å². The van der Waals surface area contributed by atoms with Crippen LogP contribution in [0.1, 0.15) is 18.9 Å². The van der Waals surface area contributed by atoms with Gasteiger partial charge >= 0.3 is 0 Å². The van der Waals surface area contributed by atoms with Gasteiger partial charge in [-0.1, -0.05) is 18.2 Å². The summed E-state index contributed by atoms with van der Waals surface area (Å²) in [6.45, 7) is 2.09. The molecule has 1 aliphatic heterocycles. The zero-order chi connectivity index (χ0) is 15.9. The summed E-state index contributed by atoms with van der Waals surface area (Å²) in [7, 11) is 0. The number of rotatable bonds is 2. The van der Waals surface area contributed by atoms with E-state index in [-0.39, 0.29) is 0 Å². The predicted octanol–water partition coefficient (Wildman–Crippen LogP) is 2.90. The SMILES string of the molecule is c1cnc2[nH]nc(-c3nn(C4CCNCC4)c4ccccc34)c2c1. The summed E-state index contributed by atoms with van der Waals surface area (Å²) in [5.74, 6) is 0. The van der Waals surface area contributed by atoms with E-state index in [0.29, 0.717) is 6.04 Å². The van der Waals surface area contributed by atoms with Crippen LogP contribution in [0.2, 0.25) is 0 Å². The lowest BCUT2D eigenvalue weighted by Crippen LogP contribution is -2.29. The number of pyridine rings is 1. The molecule has 3 aromatic heterocycles. The molecule has 0 amide bonds. The van der Waals surface area contributed by atoms with Crippen molar-refractivity contribution in [3.05, 3.63) is 42.6 Å². The number of hydrogen-bond donors (Lipinski definition) is 2. The largest absolute Gasteiger partial charge is 0.317 e. The number of H-pyrrole nitrogens is 1. The number of piperidine rings is 1. The quantitative estimate of drug-likeness (QED) is 0.596. The van der Waals surface area contributed by atoms with Crippen LogP contribution in [-0.4, -0.2) is 38.1 Å². The van der Waals surface area contributed by atoms with Gasteiger partial charge < -0.3 is 5.32 Å². The van der Waals surface area contributed by atoms with Crippen molar-refractivity contribution >= 4 is 21.9 Å². The lowest BCUT2D eigenvalue weighted by Gasteiger charge is -2.23. The first-order chi connectivity index (χ1) is 11.9. The molecule has 4 aromatic rings. The molecule has 4 heterocycles. The summed E-state index contributed by atoms with van der Waals surface area (Å²) in [5, 5.41) is 18.1. The molecule has 0 bridgehead atoms. The molecule has 0 spiro atoms. The van der Waals surface area contributed by atoms with E-state index in [9.17, 15) is 0 Å². The summed E-state index contributed by atoms with van der Waals surface area (Å²) < 4.78 is 2.20. The van der Waals surface area contributed by atoms with E-state index < -0.39 is 0 Å². The van der Waals surface area contributed by atoms with Crippen LogP contribution in [0.4, 0.5) is 0 Å². The van der Waals surface area contributed by atoms with Gasteiger partial charge in [-0.2, -0.15) is 10.2 Å². The second-order valence-corrected chi connectivity index (χ2v) is 6.26. The Morgan fingerprint density at radius 2 is 1.79 bits per heavy atom. The number of benzene rings is 1. The Kier molecular flexibility index (Phi) is 3.09. The van der Waals surface area contributed by atoms with Gasteiger partial charge in [-0.3, -0.25) is 9.78 Å². The van der Waals surface area contributed by atoms with Crippen LogP contribution in [0.5, 0.6) is 0 Å². The molecular weight excluding hydrogens is 300 g/mol. The van der Waals surface area contributed by atoms with Crippen LogP contribution in [0, 0.1) is 0 Å². The van der Waals surface area contributed by atoms with E-state index in [1.807, 2.05) is 12.1 Å². The topological polar surface area (TPSA) is 71.4 Å². The van der Waals surface area contributed by atoms with E-state index >= 15 is 0 Å². The maximum absolute atomic E-state index is 4.98. The molecule has 1 aromatic carbocycles. The van der Waals surface area contributed by atoms with E-state index in [4.69, 9.17) is 5.10 Å². The van der Waals surface area contributed by atoms with Gasteiger partial charge in [0.05, 0.1) is 11.6 Å². The fraction of sp³-hybridized carbons (Fsp3) is 0.278. The Bertz CT molecular complexity index is 1010. The lowest BCUT2D eigenvalue weighted by atomic mass is 10.1. The molecule has 0 unspecified atom stereocenters. The molecule has 0 aliphatic carbocycles. The van der Waals surface area contributed by atoms with Crippen LogP contribution in [0.3, 0.4) is 0 Å². The van der Waals surface area contributed by atoms with Gasteiger partial charge in [0.25, 0.3) is 0 Å². The number of nitrogens with zero attached hydrogens (tertiary/aromatic N) is 4. The monoisotopic (exact) mass is 318 g/mol. The maximum Gasteiger partial charge on any atom is 0.155 e. The number of para-hydroxylation sites is 1. The van der Waals surface area contributed by atoms with Crippen molar-refractivity contribution in [3.8, 4) is 11.4 Å². The third-order valence-corrected chi connectivity index (χ3v) is 4.83. The average molecular weight is 318 g/mol. The Morgan fingerprint density at radius 3 is 2.71 bits per heavy atom. The zero-order valence-electron chi connectivity index (χ0n) is 13.2. The highest BCUT2D eigenvalue weighted by Gasteiger charge is 2.22. The molecule has 2 N–H and O–H groups in total. The van der Waals surface area contributed by atoms with Crippen LogP contribution < -0.4 is 5.32 Å². The molecule has 1 fully saturated rings. The van der Waals surface area contributed by atoms with Crippen LogP contribution in [0.15, 0.2) is 42.6 Å². The van der Waals surface area contributed by atoms with E-state index in [0.717, 1.165) is 53.7 Å². The van der Waals surface area contributed by atoms with Crippen molar-refractivity contribution in [2.45, 2.75) is 18.9 Å². The second-order valence-electron chi connectivity index (χ2n) is 6.26. The minimum atomic E-state index is 0.438. The van der Waals surface area contributed by atoms with Gasteiger partial charge in [-0.25, -0.2) is 4.98 Å². The van der Waals surface area contributed by atoms with Crippen molar-refractivity contribution in [2.24, 2.45) is 0 Å². The molecule has 120 valence electrons. The molecule has 5 rings (SSSR count). The Labute approximate surface area is 138 Å². The molecule has 24 heavy (non-hydrogen) atoms. The summed E-state index contributed by atoms with van der Waals surface area (Å²) in [6.07, 6.45) is 3.98. The minimum absolute atomic E-state index is 0.438. The highest BCUT2D eigenvalue weighted by atomic mass is 15.3. The van der Waals surface area contributed by atoms with Crippen LogP contribution in [0.25, 0.3) is 33.3 Å². The van der Waals surface area contributed by atoms with Gasteiger partial charge in [-0.15, -0.1) is 0 Å². The first kappa shape index (κ1) is 13.7. The van der Waals surface area contributed by atoms with Crippen molar-refractivity contribution in [1.82, 2.24) is 30.3 Å². The molecule has 6 nitrogen and oxygen atoms in total. The molecule has 0 saturated carbocycles. The summed E-state index contributed by atoms with van der Waals surface area (Å²) in [5.41, 5.74) is 3.79. The molecule has 0 radical (unpaired) electrons. The Balaban J connectivity index is 1.74. The molecular formula is C18H18N6. The number of hydrogen-bond acceptors (Lipinski definition) is 4. The van der Waals surface area contributed by atoms with Crippen LogP contribution in [-0.2, 0) is 0 Å². The lowest BCUT2D eigenvalue weighted by molar-refractivity contribution is 0.352. The molecule has 0 atom stereocenters. The fourth-order valence-corrected chi connectivity index (χ4v) is 3.63. The number of fused-ring (bicyclic) bond motifs is 2. The molecule has 1 aliphatic rings. The van der Waals surface area contributed by atoms with E-state index in [2.05, 4.69) is 49.4 Å². The maximum atomic E-state index is 4.98. The second kappa shape index (κ2) is 5.42. The van der Waals surface area contributed by atoms with Gasteiger partial charge in [0.15, 0.2) is 5.65 Å². The molecule has 6 heteroatoms. The smallest absolute Gasteiger partial charge is 0.155 e. The van der Waals surface area contributed by atoms with E-state index in [1.165, 1.54) is 5.52 Å². The Hall–Kier alpha value is -2.73. The predicted molar refractivity (Wildman–Crippen MR) is 93.8 cm³/mol. The van der Waals surface area contributed by atoms with Crippen molar-refractivity contribution in [1.29, 1.82) is 0 Å². The van der Waals surface area contributed by atoms with Gasteiger partial charge in [-0.05, 0) is 44.1 Å². The number of nitrogens with one attached hydrogen (secondary N) is 2. The molecule has 1 saturated heterocycles. The third-order valence-electron chi connectivity index (χ3n) is 4.83. The normalized spacial score (nSPS) is 16.2. The zero-order valence-corrected chi connectivity index (χ0v) is 13.2. The minimum Gasteiger partial charge on any atom is -0.317 e. The first-order valence-electron chi connectivity index (χ1n) is 8.39. The van der Waals surface area contributed by atoms with Crippen molar-refractivity contribution in [2.75, 3.05) is 13.1 Å². The summed E-state index contributed by atoms with van der Waals surface area (Å²) in [6, 6.07) is 12.8. The first-order valence-corrected chi connectivity index (χ1v) is 8.39. The van der Waals surface area contributed by atoms with Gasteiger partial charge in [0, 0.05) is 17.0 Å². The van der Waals surface area contributed by atoms with E-state index in [1.54, 1.807) is 6.20 Å². The summed E-state index contributed by atoms with van der Waals surface area (Å²) in [4.78, 5) is 4.34. The highest BCUT2D eigenvalue weighted by Crippen LogP contribution is 2.33. The summed E-state index contributed by atoms with van der Waals surface area (Å²) >= 11 is 0. The van der Waals surface area contributed by atoms with Crippen molar-refractivity contribution in [3.63, 3.8) is 0 Å². The average Bonchev–Trinajstić information content (AvgIpc) is 3.24. The Morgan fingerprint density at radius 1 is 0.958 bits per heavy atom. The highest BCUT2D eigenvalue weighted by molar-refractivity contribution is 6.00. The van der Waals surface area contributed by atoms with Gasteiger partial charge in [0.1, 0.15) is 11.4 Å². The van der Waals surface area contributed by atoms with Gasteiger partial charge in [0.2, 0.25) is 0 Å². The standard InChI is InChI=1S/C18H18N6/c1-2-6-15-13(4-1)17(23-24(15)12-7-10-19-11-8-12)16-14-5-3-9-20-18(14)22-21-16/h1-6,9,12,19H,7-8,10-11H2,(H,20,21,22). The van der Waals surface area contributed by atoms with Crippen LogP contribution >= 0.6 is 0 Å².